The molecule has 0 spiro atoms. The third kappa shape index (κ3) is 4.31. The van der Waals surface area contributed by atoms with E-state index in [4.69, 9.17) is 34.8 Å². The molecule has 5 aromatic rings. The van der Waals surface area contributed by atoms with Gasteiger partial charge in [-0.2, -0.15) is 0 Å². The molecule has 180 valence electrons. The van der Waals surface area contributed by atoms with Gasteiger partial charge in [0.05, 0.1) is 16.2 Å². The molecule has 1 unspecified atom stereocenters. The van der Waals surface area contributed by atoms with E-state index in [0.29, 0.717) is 55.0 Å². The van der Waals surface area contributed by atoms with Crippen LogP contribution in [0, 0.1) is 0 Å². The number of pyridine rings is 2. The van der Waals surface area contributed by atoms with Crippen LogP contribution in [0.15, 0.2) is 97.3 Å². The minimum Gasteiger partial charge on any atom is -0.376 e. The number of anilines is 2. The number of aromatic nitrogens is 2. The van der Waals surface area contributed by atoms with Gasteiger partial charge in [0.1, 0.15) is 5.60 Å². The van der Waals surface area contributed by atoms with Gasteiger partial charge < -0.3 is 10.0 Å². The predicted octanol–water partition coefficient (Wildman–Crippen LogP) is 8.03. The van der Waals surface area contributed by atoms with E-state index in [1.165, 1.54) is 0 Å². The zero-order valence-electron chi connectivity index (χ0n) is 19.4. The van der Waals surface area contributed by atoms with Crippen molar-refractivity contribution < 1.29 is 5.11 Å². The highest BCUT2D eigenvalue weighted by Crippen LogP contribution is 2.44. The molecule has 1 atom stereocenters. The summed E-state index contributed by atoms with van der Waals surface area (Å²) in [6.45, 7) is 2.67. The van der Waals surface area contributed by atoms with E-state index in [0.717, 1.165) is 5.69 Å². The summed E-state index contributed by atoms with van der Waals surface area (Å²) in [5.74, 6) is 0. The molecule has 3 aromatic carbocycles. The molecule has 0 aliphatic rings. The molecule has 36 heavy (non-hydrogen) atoms. The Kier molecular flexibility index (Phi) is 6.87. The number of aliphatic hydroxyl groups is 1. The quantitative estimate of drug-likeness (QED) is 0.224. The van der Waals surface area contributed by atoms with Crippen molar-refractivity contribution in [1.29, 1.82) is 0 Å². The zero-order chi connectivity index (χ0) is 25.3. The highest BCUT2D eigenvalue weighted by Gasteiger charge is 2.35. The van der Waals surface area contributed by atoms with Gasteiger partial charge in [-0.15, -0.1) is 0 Å². The van der Waals surface area contributed by atoms with Gasteiger partial charge in [-0.05, 0) is 60.5 Å². The molecule has 2 heterocycles. The van der Waals surface area contributed by atoms with E-state index in [-0.39, 0.29) is 0 Å². The van der Waals surface area contributed by atoms with Crippen molar-refractivity contribution in [3.8, 4) is 0 Å². The van der Waals surface area contributed by atoms with Crippen molar-refractivity contribution in [3.05, 3.63) is 129 Å². The Morgan fingerprint density at radius 1 is 0.833 bits per heavy atom. The van der Waals surface area contributed by atoms with Crippen LogP contribution < -0.4 is 4.90 Å². The number of nitrogens with zero attached hydrogens (tertiary/aromatic N) is 3. The first-order valence-electron chi connectivity index (χ1n) is 11.4. The van der Waals surface area contributed by atoms with Crippen LogP contribution >= 0.6 is 34.8 Å². The van der Waals surface area contributed by atoms with Gasteiger partial charge in [0, 0.05) is 40.6 Å². The lowest BCUT2D eigenvalue weighted by atomic mass is 9.80. The average Bonchev–Trinajstić information content (AvgIpc) is 2.91. The number of rotatable bonds is 6. The van der Waals surface area contributed by atoms with E-state index in [1.54, 1.807) is 30.6 Å². The Bertz CT molecular complexity index is 1530. The molecule has 2 aromatic heterocycles. The van der Waals surface area contributed by atoms with E-state index in [1.807, 2.05) is 78.6 Å². The average molecular weight is 535 g/mol. The van der Waals surface area contributed by atoms with Crippen LogP contribution in [-0.4, -0.2) is 21.6 Å². The van der Waals surface area contributed by atoms with Crippen LogP contribution in [0.5, 0.6) is 0 Å². The van der Waals surface area contributed by atoms with Crippen LogP contribution in [0.4, 0.5) is 11.4 Å². The Balaban J connectivity index is 1.75. The van der Waals surface area contributed by atoms with Gasteiger partial charge in [-0.1, -0.05) is 77.3 Å². The van der Waals surface area contributed by atoms with E-state index >= 15 is 0 Å². The summed E-state index contributed by atoms with van der Waals surface area (Å²) in [6.07, 6.45) is 3.31. The lowest BCUT2D eigenvalue weighted by molar-refractivity contribution is 0.125. The highest BCUT2D eigenvalue weighted by molar-refractivity contribution is 6.42. The number of benzene rings is 3. The molecule has 4 nitrogen and oxygen atoms in total. The number of halogens is 3. The molecule has 0 radical (unpaired) electrons. The highest BCUT2D eigenvalue weighted by atomic mass is 35.5. The second kappa shape index (κ2) is 10.1. The molecular weight excluding hydrogens is 513 g/mol. The molecule has 0 bridgehead atoms. The smallest absolute Gasteiger partial charge is 0.154 e. The summed E-state index contributed by atoms with van der Waals surface area (Å²) in [5.41, 5.74) is 2.48. The topological polar surface area (TPSA) is 49.2 Å². The van der Waals surface area contributed by atoms with Crippen molar-refractivity contribution in [2.45, 2.75) is 12.5 Å². The third-order valence-electron chi connectivity index (χ3n) is 6.25. The Labute approximate surface area is 224 Å². The zero-order valence-corrected chi connectivity index (χ0v) is 21.6. The first kappa shape index (κ1) is 24.5. The second-order valence-corrected chi connectivity index (χ2v) is 9.51. The summed E-state index contributed by atoms with van der Waals surface area (Å²) in [5, 5.41) is 14.2. The van der Waals surface area contributed by atoms with E-state index in [9.17, 15) is 5.11 Å². The minimum absolute atomic E-state index is 0.309. The molecule has 0 aliphatic heterocycles. The van der Waals surface area contributed by atoms with Crippen molar-refractivity contribution in [3.63, 3.8) is 0 Å². The summed E-state index contributed by atoms with van der Waals surface area (Å²) in [7, 11) is 0. The van der Waals surface area contributed by atoms with Crippen molar-refractivity contribution in [2.75, 3.05) is 11.4 Å². The van der Waals surface area contributed by atoms with Gasteiger partial charge in [-0.3, -0.25) is 4.98 Å². The second-order valence-electron chi connectivity index (χ2n) is 8.34. The maximum absolute atomic E-state index is 12.3. The number of para-hydroxylation sites is 1. The third-order valence-corrected chi connectivity index (χ3v) is 7.13. The first-order valence-corrected chi connectivity index (χ1v) is 12.6. The molecule has 5 rings (SSSR count). The Morgan fingerprint density at radius 2 is 1.58 bits per heavy atom. The maximum Gasteiger partial charge on any atom is 0.154 e. The molecule has 0 saturated carbocycles. The standard InChI is InChI=1S/C29H22Cl3N3O/c1-2-35(23-11-4-3-5-12-23)27-26(31)24-17-20(13-14-25(24)34-28(27)32)29(36,21-9-7-15-33-18-21)19-8-6-10-22(30)16-19/h3-18,36H,2H2,1H3. The molecule has 0 saturated heterocycles. The lowest BCUT2D eigenvalue weighted by Gasteiger charge is -2.30. The maximum atomic E-state index is 12.3. The van der Waals surface area contributed by atoms with Gasteiger partial charge in [0.2, 0.25) is 0 Å². The van der Waals surface area contributed by atoms with E-state index < -0.39 is 5.60 Å². The van der Waals surface area contributed by atoms with Gasteiger partial charge >= 0.3 is 0 Å². The monoisotopic (exact) mass is 533 g/mol. The SMILES string of the molecule is CCN(c1ccccc1)c1c(Cl)nc2ccc(C(O)(c3cccnc3)c3cccc(Cl)c3)cc2c1Cl. The van der Waals surface area contributed by atoms with Crippen LogP contribution in [0.1, 0.15) is 23.6 Å². The van der Waals surface area contributed by atoms with Gasteiger partial charge in [-0.25, -0.2) is 4.98 Å². The molecule has 7 heteroatoms. The normalized spacial score (nSPS) is 12.9. The molecule has 1 N–H and O–H groups in total. The first-order chi connectivity index (χ1) is 17.4. The summed E-state index contributed by atoms with van der Waals surface area (Å²) < 4.78 is 0. The number of fused-ring (bicyclic) bond motifs is 1. The molecule has 0 amide bonds. The minimum atomic E-state index is -1.53. The Morgan fingerprint density at radius 3 is 2.28 bits per heavy atom. The van der Waals surface area contributed by atoms with Crippen LogP contribution in [0.2, 0.25) is 15.2 Å². The fourth-order valence-electron chi connectivity index (χ4n) is 4.51. The van der Waals surface area contributed by atoms with Crippen LogP contribution in [-0.2, 0) is 5.60 Å². The Hall–Kier alpha value is -3.15. The van der Waals surface area contributed by atoms with Crippen molar-refractivity contribution >= 4 is 57.1 Å². The fourth-order valence-corrected chi connectivity index (χ4v) is 5.38. The van der Waals surface area contributed by atoms with Crippen molar-refractivity contribution in [1.82, 2.24) is 9.97 Å². The van der Waals surface area contributed by atoms with Gasteiger partial charge in [0.15, 0.2) is 5.15 Å². The summed E-state index contributed by atoms with van der Waals surface area (Å²) >= 11 is 20.0. The largest absolute Gasteiger partial charge is 0.376 e. The number of hydrogen-bond donors (Lipinski definition) is 1. The molecule has 0 fully saturated rings. The number of hydrogen-bond acceptors (Lipinski definition) is 4. The molecule has 0 aliphatic carbocycles. The molecular formula is C29H22Cl3N3O. The predicted molar refractivity (Wildman–Crippen MR) is 149 cm³/mol. The fraction of sp³-hybridized carbons (Fsp3) is 0.103. The van der Waals surface area contributed by atoms with Gasteiger partial charge in [0.25, 0.3) is 0 Å². The summed E-state index contributed by atoms with van der Waals surface area (Å²) in [6, 6.07) is 26.2. The lowest BCUT2D eigenvalue weighted by Crippen LogP contribution is -2.29. The van der Waals surface area contributed by atoms with Crippen LogP contribution in [0.3, 0.4) is 0 Å². The van der Waals surface area contributed by atoms with Crippen LogP contribution in [0.25, 0.3) is 10.9 Å². The van der Waals surface area contributed by atoms with E-state index in [2.05, 4.69) is 9.97 Å². The summed E-state index contributed by atoms with van der Waals surface area (Å²) in [4.78, 5) is 10.9. The van der Waals surface area contributed by atoms with Crippen molar-refractivity contribution in [2.24, 2.45) is 0 Å².